The van der Waals surface area contributed by atoms with E-state index in [0.717, 1.165) is 28.5 Å². The van der Waals surface area contributed by atoms with Gasteiger partial charge in [-0.05, 0) is 37.0 Å². The van der Waals surface area contributed by atoms with E-state index in [1.54, 1.807) is 12.3 Å². The van der Waals surface area contributed by atoms with E-state index in [1.807, 2.05) is 12.1 Å². The largest absolute Gasteiger partial charge is 0.351 e. The third kappa shape index (κ3) is 3.49. The Hall–Kier alpha value is -1.54. The molecule has 5 nitrogen and oxygen atoms in total. The van der Waals surface area contributed by atoms with Gasteiger partial charge in [0.05, 0.1) is 29.0 Å². The number of carbonyl (C=O) groups is 1. The van der Waals surface area contributed by atoms with Crippen LogP contribution in [0, 0.1) is 17.7 Å². The summed E-state index contributed by atoms with van der Waals surface area (Å²) in [5.41, 5.74) is 7.06. The molecule has 0 bridgehead atoms. The number of hydrazine groups is 1. The van der Waals surface area contributed by atoms with Crippen LogP contribution in [0.5, 0.6) is 0 Å². The maximum atomic E-state index is 14.1. The predicted octanol–water partition coefficient (Wildman–Crippen LogP) is 3.19. The number of thiophene rings is 1. The second kappa shape index (κ2) is 7.60. The monoisotopic (exact) mass is 394 g/mol. The van der Waals surface area contributed by atoms with Gasteiger partial charge in [-0.3, -0.25) is 15.2 Å². The molecule has 2 fully saturated rings. The highest BCUT2D eigenvalue weighted by Crippen LogP contribution is 2.41. The van der Waals surface area contributed by atoms with Crippen LogP contribution in [0.25, 0.3) is 0 Å². The molecule has 1 aliphatic carbocycles. The van der Waals surface area contributed by atoms with Gasteiger partial charge in [0.1, 0.15) is 5.82 Å². The highest BCUT2D eigenvalue weighted by Gasteiger charge is 2.46. The molecule has 1 saturated heterocycles. The van der Waals surface area contributed by atoms with Gasteiger partial charge in [-0.1, -0.05) is 18.0 Å². The third-order valence-electron chi connectivity index (χ3n) is 5.32. The molecule has 2 aliphatic rings. The van der Waals surface area contributed by atoms with Gasteiger partial charge >= 0.3 is 0 Å². The molecule has 3 N–H and O–H groups in total. The minimum atomic E-state index is -0.311. The van der Waals surface area contributed by atoms with Crippen molar-refractivity contribution < 1.29 is 9.18 Å². The molecule has 1 aliphatic heterocycles. The number of halogens is 2. The third-order valence-corrected chi connectivity index (χ3v) is 6.55. The summed E-state index contributed by atoms with van der Waals surface area (Å²) in [7, 11) is 0. The first-order chi connectivity index (χ1) is 12.6. The topological polar surface area (TPSA) is 66.0 Å². The molecule has 4 rings (SSSR count). The summed E-state index contributed by atoms with van der Waals surface area (Å²) in [5, 5.41) is 3.02. The summed E-state index contributed by atoms with van der Waals surface area (Å²) in [6.07, 6.45) is 5.59. The SMILES string of the molecule is O=C(NCc1ccc(Cl)s1)C1CCCC2C(c3ccncc3F)NNC12. The van der Waals surface area contributed by atoms with Gasteiger partial charge in [0.15, 0.2) is 0 Å². The first-order valence-electron chi connectivity index (χ1n) is 8.76. The molecular weight excluding hydrogens is 375 g/mol. The van der Waals surface area contributed by atoms with Crippen LogP contribution in [0.3, 0.4) is 0 Å². The summed E-state index contributed by atoms with van der Waals surface area (Å²) in [6.45, 7) is 0.486. The van der Waals surface area contributed by atoms with Crippen LogP contribution in [-0.4, -0.2) is 16.9 Å². The molecule has 0 radical (unpaired) electrons. The lowest BCUT2D eigenvalue weighted by Crippen LogP contribution is -2.47. The normalized spacial score (nSPS) is 27.9. The van der Waals surface area contributed by atoms with Gasteiger partial charge in [-0.2, -0.15) is 0 Å². The molecule has 0 aromatic carbocycles. The van der Waals surface area contributed by atoms with Crippen LogP contribution < -0.4 is 16.2 Å². The van der Waals surface area contributed by atoms with Crippen molar-refractivity contribution in [2.45, 2.75) is 37.9 Å². The molecular formula is C18H20ClFN4OS. The van der Waals surface area contributed by atoms with E-state index in [0.29, 0.717) is 12.1 Å². The number of amides is 1. The van der Waals surface area contributed by atoms with E-state index >= 15 is 0 Å². The van der Waals surface area contributed by atoms with Gasteiger partial charge in [0.25, 0.3) is 0 Å². The Morgan fingerprint density at radius 2 is 2.23 bits per heavy atom. The molecule has 1 amide bonds. The maximum Gasteiger partial charge on any atom is 0.225 e. The van der Waals surface area contributed by atoms with Crippen molar-refractivity contribution >= 4 is 28.8 Å². The molecule has 4 unspecified atom stereocenters. The number of nitrogens with zero attached hydrogens (tertiary/aromatic N) is 1. The molecule has 1 saturated carbocycles. The van der Waals surface area contributed by atoms with E-state index in [4.69, 9.17) is 11.6 Å². The lowest BCUT2D eigenvalue weighted by molar-refractivity contribution is -0.127. The number of aromatic nitrogens is 1. The number of hydrogen-bond donors (Lipinski definition) is 3. The van der Waals surface area contributed by atoms with Crippen molar-refractivity contribution in [1.29, 1.82) is 0 Å². The Bertz CT molecular complexity index is 801. The van der Waals surface area contributed by atoms with Gasteiger partial charge < -0.3 is 5.32 Å². The summed E-state index contributed by atoms with van der Waals surface area (Å²) in [5.74, 6) is -0.234. The standard InChI is InChI=1S/C18H20ClFN4OS/c19-15-5-4-10(26-15)8-22-18(25)13-3-1-2-12-16(23-24-17(12)13)11-6-7-21-9-14(11)20/h4-7,9,12-13,16-17,23-24H,1-3,8H2,(H,22,25). The Morgan fingerprint density at radius 3 is 3.00 bits per heavy atom. The van der Waals surface area contributed by atoms with Crippen molar-refractivity contribution in [3.8, 4) is 0 Å². The molecule has 4 atom stereocenters. The fourth-order valence-electron chi connectivity index (χ4n) is 4.10. The lowest BCUT2D eigenvalue weighted by Gasteiger charge is -2.33. The quantitative estimate of drug-likeness (QED) is 0.745. The number of nitrogens with one attached hydrogen (secondary N) is 3. The summed E-state index contributed by atoms with van der Waals surface area (Å²) < 4.78 is 14.9. The zero-order valence-electron chi connectivity index (χ0n) is 14.0. The fourth-order valence-corrected chi connectivity index (χ4v) is 5.13. The molecule has 2 aromatic rings. The summed E-state index contributed by atoms with van der Waals surface area (Å²) >= 11 is 7.41. The van der Waals surface area contributed by atoms with Crippen molar-refractivity contribution in [3.05, 3.63) is 51.2 Å². The molecule has 3 heterocycles. The highest BCUT2D eigenvalue weighted by molar-refractivity contribution is 7.16. The number of pyridine rings is 1. The van der Waals surface area contributed by atoms with Crippen molar-refractivity contribution in [2.24, 2.45) is 11.8 Å². The van der Waals surface area contributed by atoms with E-state index in [9.17, 15) is 9.18 Å². The van der Waals surface area contributed by atoms with Crippen LogP contribution in [-0.2, 0) is 11.3 Å². The van der Waals surface area contributed by atoms with E-state index in [2.05, 4.69) is 21.2 Å². The zero-order chi connectivity index (χ0) is 18.1. The molecule has 26 heavy (non-hydrogen) atoms. The van der Waals surface area contributed by atoms with Crippen LogP contribution in [0.1, 0.15) is 35.7 Å². The Balaban J connectivity index is 1.44. The first kappa shape index (κ1) is 17.9. The van der Waals surface area contributed by atoms with Crippen molar-refractivity contribution in [2.75, 3.05) is 0 Å². The molecule has 0 spiro atoms. The minimum Gasteiger partial charge on any atom is -0.351 e. The van der Waals surface area contributed by atoms with Crippen LogP contribution >= 0.6 is 22.9 Å². The Kier molecular flexibility index (Phi) is 5.22. The average molecular weight is 395 g/mol. The average Bonchev–Trinajstić information content (AvgIpc) is 3.26. The van der Waals surface area contributed by atoms with Crippen LogP contribution in [0.4, 0.5) is 4.39 Å². The number of carbonyl (C=O) groups excluding carboxylic acids is 1. The number of hydrogen-bond acceptors (Lipinski definition) is 5. The first-order valence-corrected chi connectivity index (χ1v) is 9.95. The minimum absolute atomic E-state index is 0.00626. The fraction of sp³-hybridized carbons (Fsp3) is 0.444. The maximum absolute atomic E-state index is 14.1. The van der Waals surface area contributed by atoms with Crippen molar-refractivity contribution in [3.63, 3.8) is 0 Å². The molecule has 2 aromatic heterocycles. The number of rotatable bonds is 4. The van der Waals surface area contributed by atoms with Gasteiger partial charge in [-0.25, -0.2) is 9.82 Å². The smallest absolute Gasteiger partial charge is 0.225 e. The Morgan fingerprint density at radius 1 is 1.35 bits per heavy atom. The predicted molar refractivity (Wildman–Crippen MR) is 99.0 cm³/mol. The Labute approximate surface area is 160 Å². The van der Waals surface area contributed by atoms with Gasteiger partial charge in [0, 0.05) is 22.7 Å². The second-order valence-electron chi connectivity index (χ2n) is 6.81. The van der Waals surface area contributed by atoms with Crippen LogP contribution in [0.15, 0.2) is 30.6 Å². The summed E-state index contributed by atoms with van der Waals surface area (Å²) in [6, 6.07) is 5.32. The number of fused-ring (bicyclic) bond motifs is 1. The van der Waals surface area contributed by atoms with E-state index in [-0.39, 0.29) is 35.6 Å². The summed E-state index contributed by atoms with van der Waals surface area (Å²) in [4.78, 5) is 17.6. The highest BCUT2D eigenvalue weighted by atomic mass is 35.5. The lowest BCUT2D eigenvalue weighted by atomic mass is 9.73. The second-order valence-corrected chi connectivity index (χ2v) is 8.61. The van der Waals surface area contributed by atoms with Crippen LogP contribution in [0.2, 0.25) is 4.34 Å². The van der Waals surface area contributed by atoms with E-state index in [1.165, 1.54) is 17.5 Å². The van der Waals surface area contributed by atoms with E-state index < -0.39 is 0 Å². The molecule has 138 valence electrons. The van der Waals surface area contributed by atoms with Gasteiger partial charge in [-0.15, -0.1) is 11.3 Å². The van der Waals surface area contributed by atoms with Gasteiger partial charge in [0.2, 0.25) is 5.91 Å². The molecule has 8 heteroatoms. The zero-order valence-corrected chi connectivity index (χ0v) is 15.6. The van der Waals surface area contributed by atoms with Crippen molar-refractivity contribution in [1.82, 2.24) is 21.2 Å².